The van der Waals surface area contributed by atoms with Crippen LogP contribution in [0.25, 0.3) is 0 Å². The fourth-order valence-electron chi connectivity index (χ4n) is 2.14. The number of hydrazone groups is 1. The van der Waals surface area contributed by atoms with Gasteiger partial charge in [0.2, 0.25) is 0 Å². The van der Waals surface area contributed by atoms with Crippen molar-refractivity contribution < 1.29 is 4.79 Å². The second kappa shape index (κ2) is 7.79. The molecule has 0 aliphatic carbocycles. The molecule has 0 aliphatic rings. The molecule has 5 heteroatoms. The molecule has 2 N–H and O–H groups in total. The summed E-state index contributed by atoms with van der Waals surface area (Å²) in [5, 5.41) is 7.87. The lowest BCUT2D eigenvalue weighted by atomic mass is 10.1. The zero-order valence-electron chi connectivity index (χ0n) is 13.4. The minimum Gasteiger partial charge on any atom is -0.373 e. The van der Waals surface area contributed by atoms with Gasteiger partial charge in [-0.3, -0.25) is 4.79 Å². The highest BCUT2D eigenvalue weighted by Gasteiger charge is 2.13. The van der Waals surface area contributed by atoms with E-state index in [1.807, 2.05) is 44.2 Å². The van der Waals surface area contributed by atoms with Crippen molar-refractivity contribution in [1.82, 2.24) is 5.43 Å². The second-order valence-corrected chi connectivity index (χ2v) is 5.86. The number of amides is 1. The van der Waals surface area contributed by atoms with E-state index in [0.717, 1.165) is 22.4 Å². The summed E-state index contributed by atoms with van der Waals surface area (Å²) in [6.45, 7) is 5.83. The lowest BCUT2D eigenvalue weighted by molar-refractivity contribution is -0.121. The second-order valence-electron chi connectivity index (χ2n) is 5.42. The van der Waals surface area contributed by atoms with Gasteiger partial charge >= 0.3 is 0 Å². The summed E-state index contributed by atoms with van der Waals surface area (Å²) < 4.78 is 0. The van der Waals surface area contributed by atoms with Crippen LogP contribution in [0.2, 0.25) is 5.02 Å². The van der Waals surface area contributed by atoms with Crippen LogP contribution in [0.15, 0.2) is 47.6 Å². The minimum atomic E-state index is -0.392. The molecule has 0 fully saturated rings. The zero-order chi connectivity index (χ0) is 16.8. The molecule has 2 aromatic rings. The number of aryl methyl sites for hydroxylation is 2. The van der Waals surface area contributed by atoms with E-state index in [0.29, 0.717) is 5.02 Å². The Labute approximate surface area is 141 Å². The first kappa shape index (κ1) is 17.0. The van der Waals surface area contributed by atoms with Crippen LogP contribution < -0.4 is 10.7 Å². The SMILES string of the molecule is Cc1cccc(C)c1N[C@@H](C)C(=O)N/N=C\c1ccc(Cl)cc1. The summed E-state index contributed by atoms with van der Waals surface area (Å²) in [5.74, 6) is -0.196. The third-order valence-electron chi connectivity index (χ3n) is 3.49. The van der Waals surface area contributed by atoms with Crippen molar-refractivity contribution in [3.05, 3.63) is 64.2 Å². The summed E-state index contributed by atoms with van der Waals surface area (Å²) in [5.41, 5.74) is 6.60. The summed E-state index contributed by atoms with van der Waals surface area (Å²) in [4.78, 5) is 12.1. The van der Waals surface area contributed by atoms with Gasteiger partial charge in [-0.1, -0.05) is 41.9 Å². The van der Waals surface area contributed by atoms with Crippen molar-refractivity contribution in [3.63, 3.8) is 0 Å². The molecule has 120 valence electrons. The number of rotatable bonds is 5. The van der Waals surface area contributed by atoms with Gasteiger partial charge in [0.15, 0.2) is 0 Å². The molecule has 1 amide bonds. The Hall–Kier alpha value is -2.33. The van der Waals surface area contributed by atoms with E-state index in [4.69, 9.17) is 11.6 Å². The van der Waals surface area contributed by atoms with Crippen molar-refractivity contribution >= 4 is 29.4 Å². The van der Waals surface area contributed by atoms with Crippen LogP contribution >= 0.6 is 11.6 Å². The standard InChI is InChI=1S/C18H20ClN3O/c1-12-5-4-6-13(2)17(12)21-14(3)18(23)22-20-11-15-7-9-16(19)10-8-15/h4-11,14,21H,1-3H3,(H,22,23)/b20-11-/t14-/m0/s1. The third-order valence-corrected chi connectivity index (χ3v) is 3.75. The van der Waals surface area contributed by atoms with Gasteiger partial charge in [0, 0.05) is 10.7 Å². The lowest BCUT2D eigenvalue weighted by Gasteiger charge is -2.17. The Kier molecular flexibility index (Phi) is 5.77. The van der Waals surface area contributed by atoms with Crippen LogP contribution in [-0.4, -0.2) is 18.2 Å². The summed E-state index contributed by atoms with van der Waals surface area (Å²) >= 11 is 5.82. The molecular formula is C18H20ClN3O. The van der Waals surface area contributed by atoms with E-state index in [2.05, 4.69) is 15.8 Å². The number of carbonyl (C=O) groups excluding carboxylic acids is 1. The number of para-hydroxylation sites is 1. The van der Waals surface area contributed by atoms with E-state index < -0.39 is 6.04 Å². The van der Waals surface area contributed by atoms with Gasteiger partial charge in [-0.05, 0) is 49.6 Å². The predicted molar refractivity (Wildman–Crippen MR) is 96.2 cm³/mol. The van der Waals surface area contributed by atoms with Gasteiger partial charge in [0.1, 0.15) is 6.04 Å². The molecular weight excluding hydrogens is 310 g/mol. The Bertz CT molecular complexity index is 690. The van der Waals surface area contributed by atoms with E-state index in [1.54, 1.807) is 25.3 Å². The first-order valence-corrected chi connectivity index (χ1v) is 7.76. The number of nitrogens with zero attached hydrogens (tertiary/aromatic N) is 1. The van der Waals surface area contributed by atoms with Crippen LogP contribution in [0.5, 0.6) is 0 Å². The number of halogens is 1. The number of hydrogen-bond acceptors (Lipinski definition) is 3. The number of nitrogens with one attached hydrogen (secondary N) is 2. The molecule has 2 aromatic carbocycles. The molecule has 0 radical (unpaired) electrons. The maximum Gasteiger partial charge on any atom is 0.262 e. The molecule has 0 aliphatic heterocycles. The lowest BCUT2D eigenvalue weighted by Crippen LogP contribution is -2.35. The number of carbonyl (C=O) groups is 1. The molecule has 0 heterocycles. The topological polar surface area (TPSA) is 53.5 Å². The fourth-order valence-corrected chi connectivity index (χ4v) is 2.27. The van der Waals surface area contributed by atoms with Gasteiger partial charge in [-0.25, -0.2) is 5.43 Å². The van der Waals surface area contributed by atoms with E-state index in [1.165, 1.54) is 0 Å². The molecule has 0 bridgehead atoms. The van der Waals surface area contributed by atoms with Crippen LogP contribution in [0.1, 0.15) is 23.6 Å². The fraction of sp³-hybridized carbons (Fsp3) is 0.222. The Morgan fingerprint density at radius 3 is 2.35 bits per heavy atom. The zero-order valence-corrected chi connectivity index (χ0v) is 14.2. The molecule has 0 saturated heterocycles. The first-order chi connectivity index (χ1) is 11.0. The molecule has 1 atom stereocenters. The van der Waals surface area contributed by atoms with Gasteiger partial charge in [0.05, 0.1) is 6.21 Å². The Morgan fingerprint density at radius 2 is 1.74 bits per heavy atom. The molecule has 0 spiro atoms. The van der Waals surface area contributed by atoms with Crippen molar-refractivity contribution in [3.8, 4) is 0 Å². The molecule has 0 unspecified atom stereocenters. The minimum absolute atomic E-state index is 0.196. The maximum absolute atomic E-state index is 12.1. The first-order valence-electron chi connectivity index (χ1n) is 7.38. The molecule has 23 heavy (non-hydrogen) atoms. The highest BCUT2D eigenvalue weighted by atomic mass is 35.5. The normalized spacial score (nSPS) is 12.2. The number of anilines is 1. The van der Waals surface area contributed by atoms with Crippen LogP contribution in [0, 0.1) is 13.8 Å². The van der Waals surface area contributed by atoms with Crippen molar-refractivity contribution in [2.45, 2.75) is 26.8 Å². The Balaban J connectivity index is 1.94. The highest BCUT2D eigenvalue weighted by molar-refractivity contribution is 6.30. The summed E-state index contributed by atoms with van der Waals surface area (Å²) in [6, 6.07) is 12.8. The van der Waals surface area contributed by atoms with Crippen LogP contribution in [0.3, 0.4) is 0 Å². The maximum atomic E-state index is 12.1. The highest BCUT2D eigenvalue weighted by Crippen LogP contribution is 2.20. The van der Waals surface area contributed by atoms with Gasteiger partial charge in [-0.2, -0.15) is 5.10 Å². The van der Waals surface area contributed by atoms with E-state index in [-0.39, 0.29) is 5.91 Å². The molecule has 4 nitrogen and oxygen atoms in total. The van der Waals surface area contributed by atoms with Crippen molar-refractivity contribution in [2.75, 3.05) is 5.32 Å². The largest absolute Gasteiger partial charge is 0.373 e. The summed E-state index contributed by atoms with van der Waals surface area (Å²) in [7, 11) is 0. The van der Waals surface area contributed by atoms with Crippen LogP contribution in [0.4, 0.5) is 5.69 Å². The summed E-state index contributed by atoms with van der Waals surface area (Å²) in [6.07, 6.45) is 1.58. The predicted octanol–water partition coefficient (Wildman–Crippen LogP) is 3.91. The monoisotopic (exact) mass is 329 g/mol. The Morgan fingerprint density at radius 1 is 1.13 bits per heavy atom. The van der Waals surface area contributed by atoms with Crippen molar-refractivity contribution in [2.24, 2.45) is 5.10 Å². The smallest absolute Gasteiger partial charge is 0.262 e. The molecule has 2 rings (SSSR count). The van der Waals surface area contributed by atoms with Gasteiger partial charge in [0.25, 0.3) is 5.91 Å². The van der Waals surface area contributed by atoms with Gasteiger partial charge in [-0.15, -0.1) is 0 Å². The molecule has 0 aromatic heterocycles. The third kappa shape index (κ3) is 4.83. The average molecular weight is 330 g/mol. The molecule has 0 saturated carbocycles. The van der Waals surface area contributed by atoms with E-state index >= 15 is 0 Å². The number of hydrogen-bond donors (Lipinski definition) is 2. The van der Waals surface area contributed by atoms with Gasteiger partial charge < -0.3 is 5.32 Å². The van der Waals surface area contributed by atoms with E-state index in [9.17, 15) is 4.79 Å². The average Bonchev–Trinajstić information content (AvgIpc) is 2.52. The van der Waals surface area contributed by atoms with Crippen LogP contribution in [-0.2, 0) is 4.79 Å². The quantitative estimate of drug-likeness (QED) is 0.645. The number of benzene rings is 2. The van der Waals surface area contributed by atoms with Crippen molar-refractivity contribution in [1.29, 1.82) is 0 Å².